The van der Waals surface area contributed by atoms with Crippen molar-refractivity contribution >= 4 is 5.97 Å². The SMILES string of the molecule is CC(C)CCCOC(=O)CC1(N)CCC1. The van der Waals surface area contributed by atoms with E-state index in [9.17, 15) is 4.79 Å². The Morgan fingerprint density at radius 1 is 1.47 bits per heavy atom. The van der Waals surface area contributed by atoms with Crippen LogP contribution in [0.25, 0.3) is 0 Å². The normalized spacial score (nSPS) is 18.7. The Hall–Kier alpha value is -0.570. The van der Waals surface area contributed by atoms with E-state index in [1.807, 2.05) is 0 Å². The molecule has 0 heterocycles. The van der Waals surface area contributed by atoms with Crippen molar-refractivity contribution in [2.75, 3.05) is 6.61 Å². The van der Waals surface area contributed by atoms with Gasteiger partial charge in [-0.2, -0.15) is 0 Å². The van der Waals surface area contributed by atoms with Crippen molar-refractivity contribution in [3.05, 3.63) is 0 Å². The van der Waals surface area contributed by atoms with Crippen LogP contribution in [0.1, 0.15) is 52.4 Å². The van der Waals surface area contributed by atoms with E-state index in [2.05, 4.69) is 13.8 Å². The van der Waals surface area contributed by atoms with Crippen molar-refractivity contribution in [3.63, 3.8) is 0 Å². The average Bonchev–Trinajstić information content (AvgIpc) is 2.09. The lowest BCUT2D eigenvalue weighted by Crippen LogP contribution is -2.48. The minimum atomic E-state index is -0.241. The third-order valence-electron chi connectivity index (χ3n) is 3.03. The number of carbonyl (C=O) groups excluding carboxylic acids is 1. The molecule has 0 aromatic rings. The Morgan fingerprint density at radius 3 is 2.60 bits per heavy atom. The predicted molar refractivity (Wildman–Crippen MR) is 60.4 cm³/mol. The van der Waals surface area contributed by atoms with Crippen LogP contribution in [0.2, 0.25) is 0 Å². The molecule has 0 radical (unpaired) electrons. The van der Waals surface area contributed by atoms with Crippen LogP contribution < -0.4 is 5.73 Å². The Morgan fingerprint density at radius 2 is 2.13 bits per heavy atom. The molecule has 1 aliphatic carbocycles. The van der Waals surface area contributed by atoms with Gasteiger partial charge in [-0.05, 0) is 38.0 Å². The zero-order valence-corrected chi connectivity index (χ0v) is 9.92. The molecule has 0 saturated heterocycles. The largest absolute Gasteiger partial charge is 0.466 e. The Kier molecular flexibility index (Phi) is 4.58. The first-order valence-corrected chi connectivity index (χ1v) is 5.96. The van der Waals surface area contributed by atoms with Crippen LogP contribution in [0.3, 0.4) is 0 Å². The van der Waals surface area contributed by atoms with Gasteiger partial charge in [-0.3, -0.25) is 4.79 Å². The molecular formula is C12H23NO2. The molecule has 0 amide bonds. The molecule has 1 rings (SSSR count). The summed E-state index contributed by atoms with van der Waals surface area (Å²) in [6.45, 7) is 4.89. The molecule has 3 heteroatoms. The predicted octanol–water partition coefficient (Wildman–Crippen LogP) is 2.24. The summed E-state index contributed by atoms with van der Waals surface area (Å²) in [7, 11) is 0. The highest BCUT2D eigenvalue weighted by Crippen LogP contribution is 2.32. The summed E-state index contributed by atoms with van der Waals surface area (Å²) < 4.78 is 5.15. The summed E-state index contributed by atoms with van der Waals surface area (Å²) in [6, 6.07) is 0. The fraction of sp³-hybridized carbons (Fsp3) is 0.917. The smallest absolute Gasteiger partial charge is 0.307 e. The molecule has 0 spiro atoms. The van der Waals surface area contributed by atoms with E-state index < -0.39 is 0 Å². The van der Waals surface area contributed by atoms with Gasteiger partial charge in [0.2, 0.25) is 0 Å². The van der Waals surface area contributed by atoms with Gasteiger partial charge in [0.1, 0.15) is 0 Å². The van der Waals surface area contributed by atoms with Gasteiger partial charge in [-0.25, -0.2) is 0 Å². The Labute approximate surface area is 92.4 Å². The summed E-state index contributed by atoms with van der Waals surface area (Å²) in [5.41, 5.74) is 5.71. The highest BCUT2D eigenvalue weighted by Gasteiger charge is 2.35. The first kappa shape index (κ1) is 12.5. The summed E-state index contributed by atoms with van der Waals surface area (Å²) >= 11 is 0. The molecule has 0 aromatic carbocycles. The number of rotatable bonds is 6. The fourth-order valence-corrected chi connectivity index (χ4v) is 1.82. The van der Waals surface area contributed by atoms with Gasteiger partial charge in [0.15, 0.2) is 0 Å². The lowest BCUT2D eigenvalue weighted by Gasteiger charge is -2.37. The molecular weight excluding hydrogens is 190 g/mol. The zero-order chi connectivity index (χ0) is 11.3. The molecule has 3 nitrogen and oxygen atoms in total. The minimum absolute atomic E-state index is 0.124. The van der Waals surface area contributed by atoms with Crippen molar-refractivity contribution in [2.24, 2.45) is 11.7 Å². The Bertz CT molecular complexity index is 210. The van der Waals surface area contributed by atoms with Crippen molar-refractivity contribution in [2.45, 2.75) is 57.9 Å². The van der Waals surface area contributed by atoms with Gasteiger partial charge in [0.25, 0.3) is 0 Å². The topological polar surface area (TPSA) is 52.3 Å². The maximum atomic E-state index is 11.4. The highest BCUT2D eigenvalue weighted by atomic mass is 16.5. The van der Waals surface area contributed by atoms with Crippen LogP contribution >= 0.6 is 0 Å². The zero-order valence-electron chi connectivity index (χ0n) is 9.92. The summed E-state index contributed by atoms with van der Waals surface area (Å²) in [5, 5.41) is 0. The third kappa shape index (κ3) is 4.65. The fourth-order valence-electron chi connectivity index (χ4n) is 1.82. The van der Waals surface area contributed by atoms with Crippen molar-refractivity contribution in [1.29, 1.82) is 0 Å². The lowest BCUT2D eigenvalue weighted by atomic mass is 9.75. The molecule has 88 valence electrons. The molecule has 0 aliphatic heterocycles. The maximum Gasteiger partial charge on any atom is 0.307 e. The Balaban J connectivity index is 2.03. The number of ether oxygens (including phenoxy) is 1. The number of hydrogen-bond donors (Lipinski definition) is 1. The quantitative estimate of drug-likeness (QED) is 0.544. The summed E-state index contributed by atoms with van der Waals surface area (Å²) in [5.74, 6) is 0.553. The number of hydrogen-bond acceptors (Lipinski definition) is 3. The summed E-state index contributed by atoms with van der Waals surface area (Å²) in [6.07, 6.45) is 5.55. The molecule has 0 aromatic heterocycles. The van der Waals surface area contributed by atoms with Gasteiger partial charge < -0.3 is 10.5 Å². The van der Waals surface area contributed by atoms with Crippen LogP contribution in [0.4, 0.5) is 0 Å². The molecule has 0 unspecified atom stereocenters. The summed E-state index contributed by atoms with van der Waals surface area (Å²) in [4.78, 5) is 11.4. The second-order valence-corrected chi connectivity index (χ2v) is 5.15. The lowest BCUT2D eigenvalue weighted by molar-refractivity contribution is -0.146. The number of esters is 1. The van der Waals surface area contributed by atoms with Gasteiger partial charge in [0.05, 0.1) is 13.0 Å². The molecule has 0 bridgehead atoms. The van der Waals surface area contributed by atoms with Crippen molar-refractivity contribution in [3.8, 4) is 0 Å². The molecule has 1 fully saturated rings. The second-order valence-electron chi connectivity index (χ2n) is 5.15. The molecule has 2 N–H and O–H groups in total. The van der Waals surface area contributed by atoms with Crippen LogP contribution in [0.5, 0.6) is 0 Å². The average molecular weight is 213 g/mol. The van der Waals surface area contributed by atoms with Gasteiger partial charge in [-0.1, -0.05) is 13.8 Å². The second kappa shape index (κ2) is 5.50. The van der Waals surface area contributed by atoms with Crippen LogP contribution in [0, 0.1) is 5.92 Å². The first-order valence-electron chi connectivity index (χ1n) is 5.96. The van der Waals surface area contributed by atoms with Crippen molar-refractivity contribution < 1.29 is 9.53 Å². The van der Waals surface area contributed by atoms with Crippen LogP contribution in [0.15, 0.2) is 0 Å². The van der Waals surface area contributed by atoms with Gasteiger partial charge >= 0.3 is 5.97 Å². The van der Waals surface area contributed by atoms with E-state index in [0.717, 1.165) is 32.1 Å². The third-order valence-corrected chi connectivity index (χ3v) is 3.03. The molecule has 1 saturated carbocycles. The monoisotopic (exact) mass is 213 g/mol. The highest BCUT2D eigenvalue weighted by molar-refractivity contribution is 5.71. The molecule has 1 aliphatic rings. The standard InChI is InChI=1S/C12H23NO2/c1-10(2)5-3-8-15-11(14)9-12(13)6-4-7-12/h10H,3-9,13H2,1-2H3. The van der Waals surface area contributed by atoms with E-state index >= 15 is 0 Å². The van der Waals surface area contributed by atoms with Crippen LogP contribution in [-0.4, -0.2) is 18.1 Å². The van der Waals surface area contributed by atoms with E-state index in [1.165, 1.54) is 0 Å². The van der Waals surface area contributed by atoms with Gasteiger partial charge in [-0.15, -0.1) is 0 Å². The van der Waals surface area contributed by atoms with E-state index in [-0.39, 0.29) is 11.5 Å². The minimum Gasteiger partial charge on any atom is -0.466 e. The molecule has 15 heavy (non-hydrogen) atoms. The van der Waals surface area contributed by atoms with E-state index in [1.54, 1.807) is 0 Å². The van der Waals surface area contributed by atoms with E-state index in [0.29, 0.717) is 18.9 Å². The first-order chi connectivity index (χ1) is 7.02. The number of nitrogens with two attached hydrogens (primary N) is 1. The van der Waals surface area contributed by atoms with Crippen LogP contribution in [-0.2, 0) is 9.53 Å². The number of carbonyl (C=O) groups is 1. The van der Waals surface area contributed by atoms with E-state index in [4.69, 9.17) is 10.5 Å². The van der Waals surface area contributed by atoms with Crippen molar-refractivity contribution in [1.82, 2.24) is 0 Å². The molecule has 0 atom stereocenters. The maximum absolute atomic E-state index is 11.4. The van der Waals surface area contributed by atoms with Gasteiger partial charge in [0, 0.05) is 5.54 Å².